The van der Waals surface area contributed by atoms with Crippen LogP contribution in [0.1, 0.15) is 18.1 Å². The third-order valence-corrected chi connectivity index (χ3v) is 4.57. The highest BCUT2D eigenvalue weighted by molar-refractivity contribution is 5.97. The smallest absolute Gasteiger partial charge is 0.214 e. The van der Waals surface area contributed by atoms with Gasteiger partial charge in [0.1, 0.15) is 12.8 Å². The maximum absolute atomic E-state index is 5.50. The van der Waals surface area contributed by atoms with Crippen molar-refractivity contribution in [1.29, 1.82) is 0 Å². The van der Waals surface area contributed by atoms with Gasteiger partial charge in [-0.05, 0) is 43.3 Å². The Morgan fingerprint density at radius 3 is 1.89 bits per heavy atom. The van der Waals surface area contributed by atoms with Crippen molar-refractivity contribution < 1.29 is 33.3 Å². The molecule has 0 fully saturated rings. The van der Waals surface area contributed by atoms with E-state index in [1.54, 1.807) is 0 Å². The summed E-state index contributed by atoms with van der Waals surface area (Å²) in [6.07, 6.45) is 0. The lowest BCUT2D eigenvalue weighted by Gasteiger charge is -2.05. The summed E-state index contributed by atoms with van der Waals surface area (Å²) >= 11 is 0. The van der Waals surface area contributed by atoms with Gasteiger partial charge in [-0.3, -0.25) is 0 Å². The summed E-state index contributed by atoms with van der Waals surface area (Å²) in [5, 5.41) is 2.35. The molecule has 4 aromatic rings. The van der Waals surface area contributed by atoms with Crippen molar-refractivity contribution >= 4 is 21.8 Å². The predicted molar refractivity (Wildman–Crippen MR) is 106 cm³/mol. The number of hydrogen-bond acceptors (Lipinski definition) is 1. The molecule has 0 unspecified atom stereocenters. The van der Waals surface area contributed by atoms with Crippen LogP contribution in [0.5, 0.6) is 5.75 Å². The van der Waals surface area contributed by atoms with Gasteiger partial charge in [0, 0.05) is 17.7 Å². The summed E-state index contributed by atoms with van der Waals surface area (Å²) in [6, 6.07) is 24.8. The first-order chi connectivity index (χ1) is 12.8. The molecule has 0 spiro atoms. The molecule has 0 saturated carbocycles. The highest BCUT2D eigenvalue weighted by Gasteiger charge is 2.15. The van der Waals surface area contributed by atoms with Crippen LogP contribution in [0.3, 0.4) is 0 Å². The van der Waals surface area contributed by atoms with Gasteiger partial charge in [-0.2, -0.15) is 4.57 Å². The molecule has 1 heterocycles. The lowest BCUT2D eigenvalue weighted by molar-refractivity contribution is -0.617. The number of halogens is 1. The minimum Gasteiger partial charge on any atom is -1.00 e. The van der Waals surface area contributed by atoms with Crippen molar-refractivity contribution in [2.24, 2.45) is 7.05 Å². The minimum atomic E-state index is 0. The maximum Gasteiger partial charge on any atom is 0.214 e. The van der Waals surface area contributed by atoms with Gasteiger partial charge >= 0.3 is 0 Å². The van der Waals surface area contributed by atoms with Gasteiger partial charge in [0.2, 0.25) is 11.0 Å². The number of ether oxygens (including phenoxy) is 1. The fourth-order valence-corrected chi connectivity index (χ4v) is 3.30. The molecular weight excluding hydrogens is 445 g/mol. The minimum absolute atomic E-state index is 0. The van der Waals surface area contributed by atoms with Crippen LogP contribution in [0.4, 0.5) is 0 Å². The summed E-state index contributed by atoms with van der Waals surface area (Å²) in [5.41, 5.74) is 4.42. The van der Waals surface area contributed by atoms with E-state index in [0.29, 0.717) is 6.61 Å². The lowest BCUT2D eigenvalue weighted by atomic mass is 10.0. The largest absolute Gasteiger partial charge is 1.00 e. The summed E-state index contributed by atoms with van der Waals surface area (Å²) in [6.45, 7) is 2.66. The number of para-hydroxylation sites is 2. The predicted octanol–water partition coefficient (Wildman–Crippen LogP) is 1.62. The number of pyridine rings is 1. The maximum atomic E-state index is 5.50. The Morgan fingerprint density at radius 1 is 0.778 bits per heavy atom. The third kappa shape index (κ3) is 3.77. The number of benzene rings is 3. The van der Waals surface area contributed by atoms with E-state index < -0.39 is 0 Å². The average molecular weight is 465 g/mol. The molecule has 0 aliphatic carbocycles. The molecule has 0 aliphatic rings. The van der Waals surface area contributed by atoms with Crippen LogP contribution in [-0.2, 0) is 7.05 Å². The fraction of sp³-hybridized carbons (Fsp3) is 0.125. The van der Waals surface area contributed by atoms with Crippen LogP contribution in [0.15, 0.2) is 72.8 Å². The molecule has 0 aliphatic heterocycles. The molecule has 3 aromatic carbocycles. The van der Waals surface area contributed by atoms with Crippen LogP contribution in [0.2, 0.25) is 0 Å². The number of rotatable bonds is 2. The molecule has 1 aromatic heterocycles. The zero-order chi connectivity index (χ0) is 17.9. The second kappa shape index (κ2) is 8.41. The summed E-state index contributed by atoms with van der Waals surface area (Å²) in [7, 11) is 2.11. The molecule has 0 radical (unpaired) electrons. The molecule has 134 valence electrons. The van der Waals surface area contributed by atoms with E-state index >= 15 is 0 Å². The van der Waals surface area contributed by atoms with E-state index in [-0.39, 0.29) is 24.0 Å². The average Bonchev–Trinajstić information content (AvgIpc) is 2.69. The Bertz CT molecular complexity index is 1100. The Kier molecular flexibility index (Phi) is 5.98. The first kappa shape index (κ1) is 19.2. The molecule has 27 heavy (non-hydrogen) atoms. The zero-order valence-corrected chi connectivity index (χ0v) is 17.5. The van der Waals surface area contributed by atoms with E-state index in [9.17, 15) is 0 Å². The molecule has 0 N–H and O–H groups in total. The van der Waals surface area contributed by atoms with Crippen molar-refractivity contribution in [2.75, 3.05) is 6.61 Å². The van der Waals surface area contributed by atoms with Gasteiger partial charge in [0.25, 0.3) is 0 Å². The quantitative estimate of drug-likeness (QED) is 0.190. The monoisotopic (exact) mass is 465 g/mol. The molecule has 3 heteroatoms. The number of fused-ring (bicyclic) bond motifs is 2. The molecular formula is C24H20INO. The normalized spacial score (nSPS) is 10.1. The second-order valence-electron chi connectivity index (χ2n) is 6.18. The lowest BCUT2D eigenvalue weighted by Crippen LogP contribution is -3.00. The fourth-order valence-electron chi connectivity index (χ4n) is 3.30. The summed E-state index contributed by atoms with van der Waals surface area (Å²) in [5.74, 6) is 7.62. The van der Waals surface area contributed by atoms with Crippen LogP contribution in [-0.4, -0.2) is 6.61 Å². The third-order valence-electron chi connectivity index (χ3n) is 4.57. The topological polar surface area (TPSA) is 13.1 Å². The Morgan fingerprint density at radius 2 is 1.33 bits per heavy atom. The van der Waals surface area contributed by atoms with Crippen molar-refractivity contribution in [3.8, 4) is 17.6 Å². The number of aromatic nitrogens is 1. The number of hydrogen-bond donors (Lipinski definition) is 0. The molecule has 0 bridgehead atoms. The van der Waals surface area contributed by atoms with Crippen molar-refractivity contribution in [3.05, 3.63) is 83.9 Å². The Labute approximate surface area is 176 Å². The summed E-state index contributed by atoms with van der Waals surface area (Å²) < 4.78 is 7.73. The van der Waals surface area contributed by atoms with E-state index in [1.807, 2.05) is 31.2 Å². The zero-order valence-electron chi connectivity index (χ0n) is 15.4. The molecule has 0 amide bonds. The van der Waals surface area contributed by atoms with Gasteiger partial charge in [-0.15, -0.1) is 0 Å². The Balaban J connectivity index is 0.00000210. The van der Waals surface area contributed by atoms with Gasteiger partial charge in [-0.25, -0.2) is 0 Å². The van der Waals surface area contributed by atoms with Crippen LogP contribution in [0, 0.1) is 11.8 Å². The number of nitrogens with zero attached hydrogens (tertiary/aromatic N) is 1. The highest BCUT2D eigenvalue weighted by atomic mass is 127. The molecule has 0 atom stereocenters. The van der Waals surface area contributed by atoms with Gasteiger partial charge in [0.05, 0.1) is 22.9 Å². The van der Waals surface area contributed by atoms with Gasteiger partial charge in [-0.1, -0.05) is 36.1 Å². The van der Waals surface area contributed by atoms with Crippen molar-refractivity contribution in [3.63, 3.8) is 0 Å². The van der Waals surface area contributed by atoms with E-state index in [2.05, 4.69) is 72.0 Å². The van der Waals surface area contributed by atoms with Crippen LogP contribution < -0.4 is 33.3 Å². The van der Waals surface area contributed by atoms with Crippen molar-refractivity contribution in [2.45, 2.75) is 6.92 Å². The van der Waals surface area contributed by atoms with Crippen LogP contribution >= 0.6 is 0 Å². The Hall–Kier alpha value is -2.58. The number of aryl methyl sites for hydroxylation is 1. The van der Waals surface area contributed by atoms with Gasteiger partial charge in [0.15, 0.2) is 0 Å². The first-order valence-electron chi connectivity index (χ1n) is 8.82. The van der Waals surface area contributed by atoms with E-state index in [0.717, 1.165) is 16.9 Å². The van der Waals surface area contributed by atoms with Crippen molar-refractivity contribution in [1.82, 2.24) is 0 Å². The molecule has 4 rings (SSSR count). The summed E-state index contributed by atoms with van der Waals surface area (Å²) in [4.78, 5) is 0. The SMILES string of the molecule is CCOc1ccc(C#Cc2c3ccccc3[n+](C)c3ccccc23)cc1.[I-]. The molecule has 0 saturated heterocycles. The standard InChI is InChI=1S/C24H20NO.HI/c1-3-26-19-15-12-18(13-16-19)14-17-20-21-8-4-6-10-23(21)25(2)24-11-7-5-9-22(20)24;/h4-13,15-16H,3H2,1-2H3;1H/q+1;/p-1. The highest BCUT2D eigenvalue weighted by Crippen LogP contribution is 2.23. The van der Waals surface area contributed by atoms with E-state index in [1.165, 1.54) is 21.8 Å². The van der Waals surface area contributed by atoms with E-state index in [4.69, 9.17) is 4.74 Å². The first-order valence-corrected chi connectivity index (χ1v) is 8.82. The second-order valence-corrected chi connectivity index (χ2v) is 6.18. The van der Waals surface area contributed by atoms with Crippen LogP contribution in [0.25, 0.3) is 21.8 Å². The van der Waals surface area contributed by atoms with Gasteiger partial charge < -0.3 is 28.7 Å². The molecule has 2 nitrogen and oxygen atoms in total.